The van der Waals surface area contributed by atoms with Gasteiger partial charge >= 0.3 is 0 Å². The number of aromatic nitrogens is 3. The highest BCUT2D eigenvalue weighted by Gasteiger charge is 2.47. The predicted molar refractivity (Wildman–Crippen MR) is 94.6 cm³/mol. The molecule has 2 fully saturated rings. The summed E-state index contributed by atoms with van der Waals surface area (Å²) in [5, 5.41) is 6.08. The van der Waals surface area contributed by atoms with Crippen molar-refractivity contribution in [3.05, 3.63) is 48.0 Å². The lowest BCUT2D eigenvalue weighted by Crippen LogP contribution is -2.34. The lowest BCUT2D eigenvalue weighted by atomic mass is 10.0. The van der Waals surface area contributed by atoms with Crippen LogP contribution in [0.5, 0.6) is 0 Å². The number of hydrogen-bond acceptors (Lipinski definition) is 5. The Balaban J connectivity index is 1.47. The number of pyridine rings is 1. The molecule has 1 N–H and O–H groups in total. The van der Waals surface area contributed by atoms with Gasteiger partial charge in [0.05, 0.1) is 5.25 Å². The van der Waals surface area contributed by atoms with Crippen molar-refractivity contribution in [1.29, 1.82) is 0 Å². The fraction of sp³-hybridized carbons (Fsp3) is 0.471. The molecule has 0 radical (unpaired) electrons. The minimum absolute atomic E-state index is 0.0569. The monoisotopic (exact) mass is 375 g/mol. The Morgan fingerprint density at radius 2 is 1.92 bits per heavy atom. The van der Waals surface area contributed by atoms with Crippen LogP contribution in [0.15, 0.2) is 36.8 Å². The summed E-state index contributed by atoms with van der Waals surface area (Å²) in [6.45, 7) is 1.91. The maximum atomic E-state index is 13.0. The van der Waals surface area contributed by atoms with Gasteiger partial charge in [-0.3, -0.25) is 14.9 Å². The van der Waals surface area contributed by atoms with Gasteiger partial charge in [0.25, 0.3) is 5.91 Å². The van der Waals surface area contributed by atoms with Crippen molar-refractivity contribution in [1.82, 2.24) is 24.4 Å². The molecule has 2 aliphatic rings. The number of sulfonamides is 1. The second-order valence-corrected chi connectivity index (χ2v) is 8.98. The molecule has 0 bridgehead atoms. The molecule has 26 heavy (non-hydrogen) atoms. The Kier molecular flexibility index (Phi) is 4.49. The van der Waals surface area contributed by atoms with Crippen molar-refractivity contribution in [3.63, 3.8) is 0 Å². The molecule has 2 saturated heterocycles. The van der Waals surface area contributed by atoms with Gasteiger partial charge in [-0.25, -0.2) is 8.42 Å². The first-order chi connectivity index (χ1) is 12.6. The van der Waals surface area contributed by atoms with E-state index in [1.165, 1.54) is 0 Å². The minimum Gasteiger partial charge on any atom is -0.337 e. The van der Waals surface area contributed by atoms with Gasteiger partial charge in [0, 0.05) is 44.8 Å². The highest BCUT2D eigenvalue weighted by molar-refractivity contribution is 7.90. The van der Waals surface area contributed by atoms with E-state index in [-0.39, 0.29) is 11.8 Å². The zero-order valence-corrected chi connectivity index (χ0v) is 15.1. The number of fused-ring (bicyclic) bond motifs is 1. The van der Waals surface area contributed by atoms with E-state index in [0.717, 1.165) is 5.56 Å². The first kappa shape index (κ1) is 17.2. The van der Waals surface area contributed by atoms with Crippen molar-refractivity contribution in [3.8, 4) is 0 Å². The lowest BCUT2D eigenvalue weighted by molar-refractivity contribution is 0.0753. The molecule has 4 heterocycles. The summed E-state index contributed by atoms with van der Waals surface area (Å²) in [6.07, 6.45) is 6.06. The summed E-state index contributed by atoms with van der Waals surface area (Å²) in [6, 6.07) is 5.32. The third kappa shape index (κ3) is 3.12. The summed E-state index contributed by atoms with van der Waals surface area (Å²) in [5.74, 6) is -0.0603. The first-order valence-electron chi connectivity index (χ1n) is 8.72. The summed E-state index contributed by atoms with van der Waals surface area (Å²) in [4.78, 5) is 18.2. The molecule has 138 valence electrons. The summed E-state index contributed by atoms with van der Waals surface area (Å²) >= 11 is 0. The van der Waals surface area contributed by atoms with E-state index in [1.54, 1.807) is 33.9 Å². The molecule has 0 saturated carbocycles. The topological polar surface area (TPSA) is 99.3 Å². The molecule has 1 amide bonds. The van der Waals surface area contributed by atoms with Gasteiger partial charge in [-0.15, -0.1) is 0 Å². The Morgan fingerprint density at radius 3 is 2.65 bits per heavy atom. The van der Waals surface area contributed by atoms with Gasteiger partial charge in [0.2, 0.25) is 10.0 Å². The number of carbonyl (C=O) groups is 1. The SMILES string of the molecule is O=C(c1ccn[nH]1)N1CC[C@@H]2CN(Cc3ccncc3)S(=O)(=O)[C@@H]2CC1. The van der Waals surface area contributed by atoms with Crippen molar-refractivity contribution in [2.75, 3.05) is 19.6 Å². The zero-order chi connectivity index (χ0) is 18.1. The number of H-pyrrole nitrogens is 1. The second kappa shape index (κ2) is 6.81. The fourth-order valence-electron chi connectivity index (χ4n) is 3.89. The van der Waals surface area contributed by atoms with Crippen LogP contribution >= 0.6 is 0 Å². The number of aromatic amines is 1. The van der Waals surface area contributed by atoms with Gasteiger partial charge < -0.3 is 4.90 Å². The van der Waals surface area contributed by atoms with Gasteiger partial charge in [0.15, 0.2) is 0 Å². The lowest BCUT2D eigenvalue weighted by Gasteiger charge is -2.21. The van der Waals surface area contributed by atoms with Gasteiger partial charge in [-0.2, -0.15) is 9.40 Å². The number of likely N-dealkylation sites (tertiary alicyclic amines) is 1. The quantitative estimate of drug-likeness (QED) is 0.858. The number of nitrogens with one attached hydrogen (secondary N) is 1. The summed E-state index contributed by atoms with van der Waals surface area (Å²) in [7, 11) is -3.36. The Bertz CT molecular complexity index is 869. The van der Waals surface area contributed by atoms with Crippen LogP contribution in [0.3, 0.4) is 0 Å². The van der Waals surface area contributed by atoms with E-state index in [2.05, 4.69) is 15.2 Å². The van der Waals surface area contributed by atoms with Crippen molar-refractivity contribution < 1.29 is 13.2 Å². The van der Waals surface area contributed by atoms with E-state index in [0.29, 0.717) is 44.7 Å². The molecule has 2 aromatic rings. The number of hydrogen-bond donors (Lipinski definition) is 1. The number of carbonyl (C=O) groups excluding carboxylic acids is 1. The smallest absolute Gasteiger partial charge is 0.271 e. The maximum absolute atomic E-state index is 13.0. The molecule has 2 aromatic heterocycles. The minimum atomic E-state index is -3.36. The van der Waals surface area contributed by atoms with Gasteiger partial charge in [-0.1, -0.05) is 0 Å². The maximum Gasteiger partial charge on any atom is 0.271 e. The van der Waals surface area contributed by atoms with E-state index in [1.807, 2.05) is 12.1 Å². The van der Waals surface area contributed by atoms with Crippen LogP contribution in [0.1, 0.15) is 28.9 Å². The van der Waals surface area contributed by atoms with Crippen LogP contribution in [-0.2, 0) is 16.6 Å². The van der Waals surface area contributed by atoms with Crippen LogP contribution in [-0.4, -0.2) is 63.6 Å². The van der Waals surface area contributed by atoms with Gasteiger partial charge in [0.1, 0.15) is 5.69 Å². The molecule has 4 rings (SSSR count). The van der Waals surface area contributed by atoms with Gasteiger partial charge in [-0.05, 0) is 42.5 Å². The van der Waals surface area contributed by atoms with Crippen LogP contribution in [0.25, 0.3) is 0 Å². The molecule has 0 unspecified atom stereocenters. The largest absolute Gasteiger partial charge is 0.337 e. The summed E-state index contributed by atoms with van der Waals surface area (Å²) < 4.78 is 27.5. The van der Waals surface area contributed by atoms with Crippen molar-refractivity contribution in [2.24, 2.45) is 5.92 Å². The Labute approximate surface area is 152 Å². The third-order valence-corrected chi connectivity index (χ3v) is 7.67. The third-order valence-electron chi connectivity index (χ3n) is 5.29. The molecule has 0 spiro atoms. The average molecular weight is 375 g/mol. The molecule has 8 nitrogen and oxygen atoms in total. The molecular weight excluding hydrogens is 354 g/mol. The molecule has 0 aliphatic carbocycles. The first-order valence-corrected chi connectivity index (χ1v) is 10.2. The van der Waals surface area contributed by atoms with Crippen molar-refractivity contribution in [2.45, 2.75) is 24.6 Å². The molecular formula is C17H21N5O3S. The number of nitrogens with zero attached hydrogens (tertiary/aromatic N) is 4. The number of rotatable bonds is 3. The highest BCUT2D eigenvalue weighted by atomic mass is 32.2. The molecule has 0 aromatic carbocycles. The number of amides is 1. The molecule has 9 heteroatoms. The standard InChI is InChI=1S/C17H21N5O3S/c23-17(15-3-8-19-20-15)21-9-4-14-12-22(11-13-1-6-18-7-2-13)26(24,25)16(14)5-10-21/h1-3,6-8,14,16H,4-5,9-12H2,(H,19,20)/t14-,16-/m1/s1. The highest BCUT2D eigenvalue weighted by Crippen LogP contribution is 2.35. The van der Waals surface area contributed by atoms with E-state index < -0.39 is 15.3 Å². The second-order valence-electron chi connectivity index (χ2n) is 6.83. The normalized spacial score (nSPS) is 25.6. The van der Waals surface area contributed by atoms with E-state index >= 15 is 0 Å². The molecule has 2 aliphatic heterocycles. The van der Waals surface area contributed by atoms with Crippen LogP contribution in [0, 0.1) is 5.92 Å². The summed E-state index contributed by atoms with van der Waals surface area (Å²) in [5.41, 5.74) is 1.38. The van der Waals surface area contributed by atoms with E-state index in [4.69, 9.17) is 0 Å². The fourth-order valence-corrected chi connectivity index (χ4v) is 6.11. The van der Waals surface area contributed by atoms with Crippen LogP contribution < -0.4 is 0 Å². The molecule has 2 atom stereocenters. The van der Waals surface area contributed by atoms with Crippen LogP contribution in [0.4, 0.5) is 0 Å². The predicted octanol–water partition coefficient (Wildman–Crippen LogP) is 0.871. The van der Waals surface area contributed by atoms with E-state index in [9.17, 15) is 13.2 Å². The Morgan fingerprint density at radius 1 is 1.15 bits per heavy atom. The van der Waals surface area contributed by atoms with Crippen molar-refractivity contribution >= 4 is 15.9 Å². The Hall–Kier alpha value is -2.26. The average Bonchev–Trinajstić information content (AvgIpc) is 3.18. The van der Waals surface area contributed by atoms with Crippen LogP contribution in [0.2, 0.25) is 0 Å². The zero-order valence-electron chi connectivity index (χ0n) is 14.3.